The van der Waals surface area contributed by atoms with Crippen molar-refractivity contribution < 1.29 is 17.9 Å². The quantitative estimate of drug-likeness (QED) is 0.497. The van der Waals surface area contributed by atoms with Crippen molar-refractivity contribution in [3.63, 3.8) is 0 Å². The van der Waals surface area contributed by atoms with Gasteiger partial charge in [0.2, 0.25) is 5.91 Å². The summed E-state index contributed by atoms with van der Waals surface area (Å²) in [6.45, 7) is 8.05. The lowest BCUT2D eigenvalue weighted by atomic mass is 10.3. The molecule has 0 bridgehead atoms. The summed E-state index contributed by atoms with van der Waals surface area (Å²) in [5.74, 6) is 0.0507. The second-order valence-electron chi connectivity index (χ2n) is 5.96. The van der Waals surface area contributed by atoms with Gasteiger partial charge >= 0.3 is 0 Å². The van der Waals surface area contributed by atoms with Crippen LogP contribution in [0.1, 0.15) is 20.3 Å². The fourth-order valence-electron chi connectivity index (χ4n) is 2.77. The van der Waals surface area contributed by atoms with E-state index in [2.05, 4.69) is 0 Å². The van der Waals surface area contributed by atoms with Crippen LogP contribution in [0.25, 0.3) is 0 Å². The molecular formula is C15H32N4O4S. The maximum atomic E-state index is 12.5. The van der Waals surface area contributed by atoms with Crippen LogP contribution in [0.4, 0.5) is 0 Å². The summed E-state index contributed by atoms with van der Waals surface area (Å²) in [6.07, 6.45) is 0.885. The van der Waals surface area contributed by atoms with Crippen LogP contribution in [0, 0.1) is 0 Å². The van der Waals surface area contributed by atoms with Crippen molar-refractivity contribution in [3.05, 3.63) is 0 Å². The van der Waals surface area contributed by atoms with Crippen LogP contribution < -0.4 is 0 Å². The maximum Gasteiger partial charge on any atom is 0.282 e. The third kappa shape index (κ3) is 5.96. The molecule has 8 nitrogen and oxygen atoms in total. The van der Waals surface area contributed by atoms with Crippen LogP contribution in [0.15, 0.2) is 0 Å². The molecule has 0 atom stereocenters. The fourth-order valence-corrected chi connectivity index (χ4v) is 4.37. The Morgan fingerprint density at radius 1 is 1.12 bits per heavy atom. The molecule has 0 unspecified atom stereocenters. The van der Waals surface area contributed by atoms with Crippen LogP contribution in [-0.4, -0.2) is 106 Å². The number of piperazine rings is 1. The number of hydrogen-bond donors (Lipinski definition) is 0. The molecule has 9 heteroatoms. The highest BCUT2D eigenvalue weighted by molar-refractivity contribution is 7.86. The summed E-state index contributed by atoms with van der Waals surface area (Å²) in [6, 6.07) is 0. The van der Waals surface area contributed by atoms with E-state index in [1.807, 2.05) is 25.8 Å². The molecule has 0 N–H and O–H groups in total. The third-order valence-electron chi connectivity index (χ3n) is 4.24. The summed E-state index contributed by atoms with van der Waals surface area (Å²) in [5, 5.41) is 0. The zero-order chi connectivity index (χ0) is 18.2. The van der Waals surface area contributed by atoms with Gasteiger partial charge in [-0.3, -0.25) is 9.69 Å². The molecule has 1 saturated heterocycles. The predicted octanol–water partition coefficient (Wildman–Crippen LogP) is -0.314. The standard InChI is InChI=1S/C15H32N4O4S/c1-5-18(6-2)24(21,22)19-11-9-17(10-12-19)15(20)14-16(3)8-7-13-23-4/h5-14H2,1-4H3. The number of likely N-dealkylation sites (N-methyl/N-ethyl adjacent to an activating group) is 1. The van der Waals surface area contributed by atoms with Crippen LogP contribution in [0.3, 0.4) is 0 Å². The highest BCUT2D eigenvalue weighted by atomic mass is 32.2. The molecule has 1 rings (SSSR count). The number of rotatable bonds is 10. The Labute approximate surface area is 146 Å². The first-order valence-electron chi connectivity index (χ1n) is 8.57. The molecule has 1 aliphatic rings. The number of amides is 1. The molecular weight excluding hydrogens is 332 g/mol. The fraction of sp³-hybridized carbons (Fsp3) is 0.933. The van der Waals surface area contributed by atoms with Gasteiger partial charge in [-0.1, -0.05) is 13.8 Å². The minimum Gasteiger partial charge on any atom is -0.385 e. The van der Waals surface area contributed by atoms with Crippen molar-refractivity contribution in [1.82, 2.24) is 18.4 Å². The number of carbonyl (C=O) groups is 1. The van der Waals surface area contributed by atoms with Gasteiger partial charge < -0.3 is 9.64 Å². The molecule has 0 radical (unpaired) electrons. The van der Waals surface area contributed by atoms with E-state index in [0.717, 1.165) is 13.0 Å². The number of methoxy groups -OCH3 is 1. The van der Waals surface area contributed by atoms with Crippen molar-refractivity contribution >= 4 is 16.1 Å². The molecule has 0 aromatic rings. The van der Waals surface area contributed by atoms with Gasteiger partial charge in [0.1, 0.15) is 0 Å². The highest BCUT2D eigenvalue weighted by Gasteiger charge is 2.32. The molecule has 142 valence electrons. The molecule has 1 fully saturated rings. The van der Waals surface area contributed by atoms with Gasteiger partial charge in [-0.05, 0) is 13.5 Å². The third-order valence-corrected chi connectivity index (χ3v) is 6.43. The Bertz CT molecular complexity index is 474. The van der Waals surface area contributed by atoms with Crippen molar-refractivity contribution in [2.75, 3.05) is 73.1 Å². The predicted molar refractivity (Wildman–Crippen MR) is 94.0 cm³/mol. The minimum atomic E-state index is -3.41. The molecule has 1 heterocycles. The van der Waals surface area contributed by atoms with Crippen LogP contribution in [-0.2, 0) is 19.7 Å². The number of nitrogens with zero attached hydrogens (tertiary/aromatic N) is 4. The van der Waals surface area contributed by atoms with Gasteiger partial charge in [-0.25, -0.2) is 0 Å². The smallest absolute Gasteiger partial charge is 0.282 e. The van der Waals surface area contributed by atoms with Crippen molar-refractivity contribution in [2.24, 2.45) is 0 Å². The highest BCUT2D eigenvalue weighted by Crippen LogP contribution is 2.12. The van der Waals surface area contributed by atoms with Crippen LogP contribution in [0.5, 0.6) is 0 Å². The van der Waals surface area contributed by atoms with Crippen LogP contribution >= 0.6 is 0 Å². The Morgan fingerprint density at radius 3 is 2.21 bits per heavy atom. The Morgan fingerprint density at radius 2 is 1.71 bits per heavy atom. The van der Waals surface area contributed by atoms with E-state index in [1.54, 1.807) is 12.0 Å². The van der Waals surface area contributed by atoms with E-state index >= 15 is 0 Å². The lowest BCUT2D eigenvalue weighted by Gasteiger charge is -2.36. The Hall–Kier alpha value is -0.740. The van der Waals surface area contributed by atoms with E-state index in [0.29, 0.717) is 52.4 Å². The molecule has 0 spiro atoms. The van der Waals surface area contributed by atoms with E-state index in [-0.39, 0.29) is 5.91 Å². The molecule has 1 aliphatic heterocycles. The number of hydrogen-bond acceptors (Lipinski definition) is 5. The summed E-state index contributed by atoms with van der Waals surface area (Å²) >= 11 is 0. The summed E-state index contributed by atoms with van der Waals surface area (Å²) in [5.41, 5.74) is 0. The molecule has 0 aromatic carbocycles. The number of carbonyl (C=O) groups excluding carboxylic acids is 1. The first-order valence-corrected chi connectivity index (χ1v) is 9.96. The van der Waals surface area contributed by atoms with Gasteiger partial charge in [-0.2, -0.15) is 17.0 Å². The summed E-state index contributed by atoms with van der Waals surface area (Å²) in [4.78, 5) is 16.0. The largest absolute Gasteiger partial charge is 0.385 e. The number of ether oxygens (including phenoxy) is 1. The normalized spacial score (nSPS) is 17.0. The molecule has 1 amide bonds. The summed E-state index contributed by atoms with van der Waals surface area (Å²) in [7, 11) is 0.168. The van der Waals surface area contributed by atoms with Gasteiger partial charge in [0.15, 0.2) is 0 Å². The molecule has 0 saturated carbocycles. The van der Waals surface area contributed by atoms with E-state index in [9.17, 15) is 13.2 Å². The van der Waals surface area contributed by atoms with Gasteiger partial charge in [0, 0.05) is 59.5 Å². The van der Waals surface area contributed by atoms with Gasteiger partial charge in [0.25, 0.3) is 10.2 Å². The van der Waals surface area contributed by atoms with E-state index in [1.165, 1.54) is 8.61 Å². The Kier molecular flexibility index (Phi) is 9.14. The van der Waals surface area contributed by atoms with Gasteiger partial charge in [-0.15, -0.1) is 0 Å². The molecule has 0 aliphatic carbocycles. The second-order valence-corrected chi connectivity index (χ2v) is 7.88. The summed E-state index contributed by atoms with van der Waals surface area (Å²) < 4.78 is 32.9. The monoisotopic (exact) mass is 364 g/mol. The van der Waals surface area contributed by atoms with Crippen molar-refractivity contribution in [3.8, 4) is 0 Å². The van der Waals surface area contributed by atoms with E-state index in [4.69, 9.17) is 4.74 Å². The molecule has 0 aromatic heterocycles. The van der Waals surface area contributed by atoms with E-state index < -0.39 is 10.2 Å². The zero-order valence-corrected chi connectivity index (χ0v) is 16.2. The average molecular weight is 365 g/mol. The van der Waals surface area contributed by atoms with Crippen molar-refractivity contribution in [2.45, 2.75) is 20.3 Å². The lowest BCUT2D eigenvalue weighted by Crippen LogP contribution is -2.55. The Balaban J connectivity index is 2.46. The lowest BCUT2D eigenvalue weighted by molar-refractivity contribution is -0.133. The minimum absolute atomic E-state index is 0.0507. The zero-order valence-electron chi connectivity index (χ0n) is 15.4. The first kappa shape index (κ1) is 21.3. The second kappa shape index (κ2) is 10.3. The molecule has 24 heavy (non-hydrogen) atoms. The van der Waals surface area contributed by atoms with Crippen molar-refractivity contribution in [1.29, 1.82) is 0 Å². The average Bonchev–Trinajstić information content (AvgIpc) is 2.56. The van der Waals surface area contributed by atoms with Crippen LogP contribution in [0.2, 0.25) is 0 Å². The maximum absolute atomic E-state index is 12.5. The topological polar surface area (TPSA) is 73.4 Å². The SMILES string of the molecule is CCN(CC)S(=O)(=O)N1CCN(C(=O)CN(C)CCCOC)CC1. The first-order chi connectivity index (χ1) is 11.4. The van der Waals surface area contributed by atoms with Gasteiger partial charge in [0.05, 0.1) is 6.54 Å².